The molecule has 0 aliphatic heterocycles. The number of fused-ring (bicyclic) bond motifs is 1. The van der Waals surface area contributed by atoms with Gasteiger partial charge in [-0.1, -0.05) is 0 Å². The summed E-state index contributed by atoms with van der Waals surface area (Å²) in [5.41, 5.74) is 1.02. The van der Waals surface area contributed by atoms with E-state index in [2.05, 4.69) is 15.6 Å². The van der Waals surface area contributed by atoms with E-state index >= 15 is 0 Å². The fraction of sp³-hybridized carbons (Fsp3) is 0.545. The SMILES string of the molecule is O=C(Nc1nc2c(s1)CCCC2)NC(CO)C(=O)O. The quantitative estimate of drug-likeness (QED) is 0.647. The Labute approximate surface area is 113 Å². The first kappa shape index (κ1) is 13.8. The Bertz CT molecular complexity index is 465. The highest BCUT2D eigenvalue weighted by Crippen LogP contribution is 2.29. The second kappa shape index (κ2) is 5.98. The molecule has 1 atom stereocenters. The molecule has 1 aromatic heterocycles. The predicted molar refractivity (Wildman–Crippen MR) is 69.4 cm³/mol. The van der Waals surface area contributed by atoms with Gasteiger partial charge in [-0.25, -0.2) is 14.6 Å². The standard InChI is InChI=1S/C11H15N3O4S/c15-5-7(9(16)17)12-10(18)14-11-13-6-3-1-2-4-8(6)19-11/h7,15H,1-5H2,(H,16,17)(H2,12,13,14,18). The minimum atomic E-state index is -1.31. The Kier molecular flexibility index (Phi) is 4.33. The number of carboxylic acid groups (broad SMARTS) is 1. The molecule has 1 aliphatic rings. The molecule has 0 spiro atoms. The molecule has 2 amide bonds. The van der Waals surface area contributed by atoms with Gasteiger partial charge in [-0.15, -0.1) is 11.3 Å². The maximum absolute atomic E-state index is 11.6. The van der Waals surface area contributed by atoms with E-state index in [1.54, 1.807) is 0 Å². The molecule has 1 aromatic rings. The average molecular weight is 285 g/mol. The maximum Gasteiger partial charge on any atom is 0.328 e. The predicted octanol–water partition coefficient (Wildman–Crippen LogP) is 0.589. The van der Waals surface area contributed by atoms with Crippen molar-refractivity contribution in [3.63, 3.8) is 0 Å². The van der Waals surface area contributed by atoms with Gasteiger partial charge in [-0.3, -0.25) is 5.32 Å². The lowest BCUT2D eigenvalue weighted by atomic mass is 10.0. The molecule has 8 heteroatoms. The minimum absolute atomic E-state index is 0.464. The zero-order valence-corrected chi connectivity index (χ0v) is 11.0. The number of aliphatic carboxylic acids is 1. The van der Waals surface area contributed by atoms with E-state index in [0.29, 0.717) is 5.13 Å². The van der Waals surface area contributed by atoms with Crippen LogP contribution in [0, 0.1) is 0 Å². The first-order chi connectivity index (χ1) is 9.10. The van der Waals surface area contributed by atoms with Gasteiger partial charge in [0.2, 0.25) is 0 Å². The number of carbonyl (C=O) groups excluding carboxylic acids is 1. The van der Waals surface area contributed by atoms with Gasteiger partial charge in [0, 0.05) is 4.88 Å². The van der Waals surface area contributed by atoms with Gasteiger partial charge in [0.25, 0.3) is 0 Å². The zero-order chi connectivity index (χ0) is 13.8. The Morgan fingerprint density at radius 3 is 2.74 bits per heavy atom. The number of anilines is 1. The highest BCUT2D eigenvalue weighted by molar-refractivity contribution is 7.15. The van der Waals surface area contributed by atoms with Crippen LogP contribution >= 0.6 is 11.3 Å². The van der Waals surface area contributed by atoms with Crippen molar-refractivity contribution in [2.45, 2.75) is 31.7 Å². The molecule has 0 radical (unpaired) electrons. The van der Waals surface area contributed by atoms with Crippen molar-refractivity contribution >= 4 is 28.5 Å². The third-order valence-electron chi connectivity index (χ3n) is 2.85. The molecule has 2 rings (SSSR count). The van der Waals surface area contributed by atoms with E-state index in [-0.39, 0.29) is 0 Å². The van der Waals surface area contributed by atoms with Crippen LogP contribution in [0.25, 0.3) is 0 Å². The number of hydrogen-bond donors (Lipinski definition) is 4. The summed E-state index contributed by atoms with van der Waals surface area (Å²) in [6.45, 7) is -0.656. The topological polar surface area (TPSA) is 112 Å². The molecule has 4 N–H and O–H groups in total. The summed E-state index contributed by atoms with van der Waals surface area (Å²) >= 11 is 1.41. The summed E-state index contributed by atoms with van der Waals surface area (Å²) in [6, 6.07) is -1.98. The Hall–Kier alpha value is -1.67. The number of rotatable bonds is 4. The van der Waals surface area contributed by atoms with E-state index < -0.39 is 24.6 Å². The van der Waals surface area contributed by atoms with Gasteiger partial charge >= 0.3 is 12.0 Å². The van der Waals surface area contributed by atoms with Gasteiger partial charge in [0.05, 0.1) is 12.3 Å². The average Bonchev–Trinajstić information content (AvgIpc) is 2.77. The second-order valence-electron chi connectivity index (χ2n) is 4.27. The third-order valence-corrected chi connectivity index (χ3v) is 3.92. The van der Waals surface area contributed by atoms with Crippen LogP contribution in [0.2, 0.25) is 0 Å². The second-order valence-corrected chi connectivity index (χ2v) is 5.35. The fourth-order valence-corrected chi connectivity index (χ4v) is 2.93. The van der Waals surface area contributed by atoms with Crippen molar-refractivity contribution in [3.05, 3.63) is 10.6 Å². The number of aliphatic hydroxyl groups is 1. The lowest BCUT2D eigenvalue weighted by Gasteiger charge is -2.11. The van der Waals surface area contributed by atoms with Crippen LogP contribution in [0.1, 0.15) is 23.4 Å². The molecule has 0 saturated carbocycles. The third kappa shape index (κ3) is 3.42. The number of aromatic nitrogens is 1. The van der Waals surface area contributed by atoms with Crippen LogP contribution in [-0.4, -0.2) is 39.8 Å². The van der Waals surface area contributed by atoms with Gasteiger partial charge in [-0.2, -0.15) is 0 Å². The van der Waals surface area contributed by atoms with Crippen LogP contribution in [0.5, 0.6) is 0 Å². The first-order valence-electron chi connectivity index (χ1n) is 6.00. The van der Waals surface area contributed by atoms with Crippen molar-refractivity contribution in [2.75, 3.05) is 11.9 Å². The maximum atomic E-state index is 11.6. The minimum Gasteiger partial charge on any atom is -0.480 e. The number of hydrogen-bond acceptors (Lipinski definition) is 5. The largest absolute Gasteiger partial charge is 0.480 e. The van der Waals surface area contributed by atoms with Gasteiger partial charge in [-0.05, 0) is 25.7 Å². The molecule has 1 aliphatic carbocycles. The molecule has 0 saturated heterocycles. The van der Waals surface area contributed by atoms with Crippen LogP contribution in [0.4, 0.5) is 9.93 Å². The van der Waals surface area contributed by atoms with Crippen LogP contribution in [-0.2, 0) is 17.6 Å². The molecule has 0 fully saturated rings. The Morgan fingerprint density at radius 1 is 1.37 bits per heavy atom. The van der Waals surface area contributed by atoms with Crippen molar-refractivity contribution in [2.24, 2.45) is 0 Å². The summed E-state index contributed by atoms with van der Waals surface area (Å²) in [7, 11) is 0. The molecule has 7 nitrogen and oxygen atoms in total. The summed E-state index contributed by atoms with van der Waals surface area (Å²) in [5.74, 6) is -1.28. The Balaban J connectivity index is 1.95. The lowest BCUT2D eigenvalue weighted by molar-refractivity contribution is -0.140. The van der Waals surface area contributed by atoms with Crippen LogP contribution < -0.4 is 10.6 Å². The van der Waals surface area contributed by atoms with E-state index in [9.17, 15) is 9.59 Å². The van der Waals surface area contributed by atoms with E-state index in [1.165, 1.54) is 16.2 Å². The smallest absolute Gasteiger partial charge is 0.328 e. The van der Waals surface area contributed by atoms with Crippen LogP contribution in [0.15, 0.2) is 0 Å². The van der Waals surface area contributed by atoms with Gasteiger partial charge in [0.1, 0.15) is 0 Å². The molecule has 0 bridgehead atoms. The molecular weight excluding hydrogens is 270 g/mol. The molecule has 19 heavy (non-hydrogen) atoms. The molecule has 1 unspecified atom stereocenters. The van der Waals surface area contributed by atoms with Crippen molar-refractivity contribution in [3.8, 4) is 0 Å². The number of carbonyl (C=O) groups is 2. The van der Waals surface area contributed by atoms with Crippen molar-refractivity contribution < 1.29 is 19.8 Å². The van der Waals surface area contributed by atoms with E-state index in [1.807, 2.05) is 0 Å². The number of aliphatic hydroxyl groups excluding tert-OH is 1. The van der Waals surface area contributed by atoms with E-state index in [0.717, 1.165) is 31.4 Å². The molecule has 0 aromatic carbocycles. The number of urea groups is 1. The fourth-order valence-electron chi connectivity index (χ4n) is 1.88. The molecule has 1 heterocycles. The number of nitrogens with zero attached hydrogens (tertiary/aromatic N) is 1. The number of amides is 2. The van der Waals surface area contributed by atoms with Gasteiger partial charge in [0.15, 0.2) is 11.2 Å². The molecular formula is C11H15N3O4S. The van der Waals surface area contributed by atoms with Crippen molar-refractivity contribution in [1.29, 1.82) is 0 Å². The number of nitrogens with one attached hydrogen (secondary N) is 2. The summed E-state index contributed by atoms with van der Waals surface area (Å²) in [5, 5.41) is 22.6. The number of aryl methyl sites for hydroxylation is 2. The summed E-state index contributed by atoms with van der Waals surface area (Å²) in [4.78, 5) is 27.7. The van der Waals surface area contributed by atoms with Crippen LogP contribution in [0.3, 0.4) is 0 Å². The summed E-state index contributed by atoms with van der Waals surface area (Å²) in [6.07, 6.45) is 4.13. The lowest BCUT2D eigenvalue weighted by Crippen LogP contribution is -2.45. The van der Waals surface area contributed by atoms with Crippen molar-refractivity contribution in [1.82, 2.24) is 10.3 Å². The van der Waals surface area contributed by atoms with E-state index in [4.69, 9.17) is 10.2 Å². The summed E-state index contributed by atoms with van der Waals surface area (Å²) < 4.78 is 0. The highest BCUT2D eigenvalue weighted by atomic mass is 32.1. The zero-order valence-electron chi connectivity index (χ0n) is 10.2. The monoisotopic (exact) mass is 285 g/mol. The highest BCUT2D eigenvalue weighted by Gasteiger charge is 2.20. The Morgan fingerprint density at radius 2 is 2.11 bits per heavy atom. The normalized spacial score (nSPS) is 15.4. The first-order valence-corrected chi connectivity index (χ1v) is 6.81. The van der Waals surface area contributed by atoms with Gasteiger partial charge < -0.3 is 15.5 Å². The molecule has 104 valence electrons. The number of thiazole rings is 1. The number of carboxylic acids is 1.